The van der Waals surface area contributed by atoms with Crippen LogP contribution < -0.4 is 16.8 Å². The van der Waals surface area contributed by atoms with Crippen molar-refractivity contribution in [3.63, 3.8) is 0 Å². The Kier molecular flexibility index (Phi) is 1.40. The van der Waals surface area contributed by atoms with Gasteiger partial charge in [-0.1, -0.05) is 0 Å². The normalized spacial score (nSPS) is 32.3. The lowest BCUT2D eigenvalue weighted by Crippen LogP contribution is -2.44. The van der Waals surface area contributed by atoms with Gasteiger partial charge in [-0.05, 0) is 19.9 Å². The van der Waals surface area contributed by atoms with Crippen LogP contribution in [0.4, 0.5) is 0 Å². The van der Waals surface area contributed by atoms with Crippen molar-refractivity contribution in [1.82, 2.24) is 5.32 Å². The van der Waals surface area contributed by atoms with Crippen molar-refractivity contribution < 1.29 is 0 Å². The van der Waals surface area contributed by atoms with E-state index in [1.165, 1.54) is 0 Å². The molecule has 0 saturated heterocycles. The highest BCUT2D eigenvalue weighted by Crippen LogP contribution is 2.09. The van der Waals surface area contributed by atoms with Gasteiger partial charge in [0.2, 0.25) is 0 Å². The molecule has 0 amide bonds. The summed E-state index contributed by atoms with van der Waals surface area (Å²) in [6.07, 6.45) is 1.82. The average Bonchev–Trinajstić information content (AvgIpc) is 1.54. The summed E-state index contributed by atoms with van der Waals surface area (Å²) in [5.41, 5.74) is 11.4. The van der Waals surface area contributed by atoms with E-state index in [1.54, 1.807) is 6.92 Å². The third-order valence-corrected chi connectivity index (χ3v) is 1.20. The zero-order valence-corrected chi connectivity index (χ0v) is 6.18. The lowest BCUT2D eigenvalue weighted by molar-refractivity contribution is 0.596. The van der Waals surface area contributed by atoms with E-state index in [1.807, 2.05) is 13.0 Å². The van der Waals surface area contributed by atoms with Gasteiger partial charge in [0.05, 0.1) is 0 Å². The number of nitrogens with one attached hydrogen (secondary N) is 1. The Morgan fingerprint density at radius 3 is 2.70 bits per heavy atom. The molecule has 4 nitrogen and oxygen atoms in total. The van der Waals surface area contributed by atoms with Crippen LogP contribution in [0, 0.1) is 0 Å². The second-order valence-corrected chi connectivity index (χ2v) is 2.68. The monoisotopic (exact) mass is 140 g/mol. The summed E-state index contributed by atoms with van der Waals surface area (Å²) in [6.45, 7) is 3.69. The Hall–Kier alpha value is -1.03. The van der Waals surface area contributed by atoms with E-state index in [0.717, 1.165) is 5.70 Å². The van der Waals surface area contributed by atoms with E-state index in [0.29, 0.717) is 5.96 Å². The van der Waals surface area contributed by atoms with Crippen molar-refractivity contribution in [1.29, 1.82) is 0 Å². The van der Waals surface area contributed by atoms with Crippen LogP contribution in [0.5, 0.6) is 0 Å². The third kappa shape index (κ3) is 1.48. The number of rotatable bonds is 0. The molecule has 0 aromatic heterocycles. The zero-order chi connectivity index (χ0) is 7.78. The van der Waals surface area contributed by atoms with Crippen LogP contribution in [0.3, 0.4) is 0 Å². The summed E-state index contributed by atoms with van der Waals surface area (Å²) < 4.78 is 0. The van der Waals surface area contributed by atoms with E-state index in [4.69, 9.17) is 11.5 Å². The number of hydrogen-bond donors (Lipinski definition) is 3. The Bertz CT molecular complexity index is 182. The fraction of sp³-hybridized carbons (Fsp3) is 0.500. The molecule has 1 rings (SSSR count). The molecule has 0 aliphatic carbocycles. The highest BCUT2D eigenvalue weighted by Gasteiger charge is 2.17. The summed E-state index contributed by atoms with van der Waals surface area (Å²) in [5, 5.41) is 2.84. The summed E-state index contributed by atoms with van der Waals surface area (Å²) in [6, 6.07) is 0. The van der Waals surface area contributed by atoms with Crippen LogP contribution >= 0.6 is 0 Å². The predicted molar refractivity (Wildman–Crippen MR) is 41.1 cm³/mol. The molecule has 4 heteroatoms. The van der Waals surface area contributed by atoms with E-state index in [2.05, 4.69) is 10.3 Å². The van der Waals surface area contributed by atoms with Crippen LogP contribution in [-0.4, -0.2) is 11.6 Å². The first kappa shape index (κ1) is 7.08. The minimum atomic E-state index is -0.639. The highest BCUT2D eigenvalue weighted by molar-refractivity contribution is 5.81. The number of aliphatic imine (C=N–C) groups is 1. The second kappa shape index (κ2) is 1.98. The predicted octanol–water partition coefficient (Wildman–Crippen LogP) is -0.517. The first-order valence-corrected chi connectivity index (χ1v) is 3.10. The minimum Gasteiger partial charge on any atom is -0.370 e. The van der Waals surface area contributed by atoms with Crippen molar-refractivity contribution in [2.45, 2.75) is 19.5 Å². The zero-order valence-electron chi connectivity index (χ0n) is 6.18. The number of nitrogens with two attached hydrogens (primary N) is 2. The van der Waals surface area contributed by atoms with Gasteiger partial charge in [-0.2, -0.15) is 0 Å². The van der Waals surface area contributed by atoms with E-state index in [9.17, 15) is 0 Å². The maximum absolute atomic E-state index is 5.67. The fourth-order valence-electron chi connectivity index (χ4n) is 0.996. The van der Waals surface area contributed by atoms with Gasteiger partial charge in [0.1, 0.15) is 5.66 Å². The molecule has 0 saturated carbocycles. The van der Waals surface area contributed by atoms with Crippen molar-refractivity contribution in [3.8, 4) is 0 Å². The molecule has 56 valence electrons. The fourth-order valence-corrected chi connectivity index (χ4v) is 0.996. The van der Waals surface area contributed by atoms with Gasteiger partial charge in [0.15, 0.2) is 5.96 Å². The number of nitrogens with zero attached hydrogens (tertiary/aromatic N) is 1. The summed E-state index contributed by atoms with van der Waals surface area (Å²) in [4.78, 5) is 3.95. The van der Waals surface area contributed by atoms with Crippen LogP contribution in [0.25, 0.3) is 0 Å². The Morgan fingerprint density at radius 2 is 2.30 bits per heavy atom. The van der Waals surface area contributed by atoms with Gasteiger partial charge in [-0.15, -0.1) is 0 Å². The lowest BCUT2D eigenvalue weighted by atomic mass is 10.2. The number of hydrogen-bond acceptors (Lipinski definition) is 4. The Morgan fingerprint density at radius 1 is 1.70 bits per heavy atom. The minimum absolute atomic E-state index is 0.380. The molecule has 1 aliphatic rings. The average molecular weight is 140 g/mol. The molecule has 0 spiro atoms. The molecule has 1 heterocycles. The van der Waals surface area contributed by atoms with Crippen LogP contribution in [-0.2, 0) is 0 Å². The number of allylic oxidation sites excluding steroid dienone is 1. The van der Waals surface area contributed by atoms with Gasteiger partial charge in [-0.3, -0.25) is 0 Å². The van der Waals surface area contributed by atoms with Crippen LogP contribution in [0.15, 0.2) is 16.8 Å². The first-order valence-electron chi connectivity index (χ1n) is 3.10. The summed E-state index contributed by atoms with van der Waals surface area (Å²) in [7, 11) is 0. The van der Waals surface area contributed by atoms with Crippen LogP contribution in [0.1, 0.15) is 13.8 Å². The summed E-state index contributed by atoms with van der Waals surface area (Å²) in [5.74, 6) is 0.380. The molecule has 5 N–H and O–H groups in total. The maximum Gasteiger partial charge on any atom is 0.195 e. The first-order chi connectivity index (χ1) is 4.49. The molecule has 0 radical (unpaired) electrons. The smallest absolute Gasteiger partial charge is 0.195 e. The van der Waals surface area contributed by atoms with Crippen molar-refractivity contribution in [2.24, 2.45) is 16.5 Å². The van der Waals surface area contributed by atoms with Crippen molar-refractivity contribution in [3.05, 3.63) is 11.8 Å². The van der Waals surface area contributed by atoms with Crippen molar-refractivity contribution in [2.75, 3.05) is 0 Å². The SMILES string of the molecule is CC1=CC(C)(N)N=C(N)N1. The Labute approximate surface area is 60.0 Å². The van der Waals surface area contributed by atoms with E-state index >= 15 is 0 Å². The molecule has 1 aliphatic heterocycles. The van der Waals surface area contributed by atoms with Crippen molar-refractivity contribution >= 4 is 5.96 Å². The van der Waals surface area contributed by atoms with Gasteiger partial charge in [-0.25, -0.2) is 4.99 Å². The van der Waals surface area contributed by atoms with E-state index < -0.39 is 5.66 Å². The lowest BCUT2D eigenvalue weighted by Gasteiger charge is -2.22. The van der Waals surface area contributed by atoms with Gasteiger partial charge < -0.3 is 16.8 Å². The largest absolute Gasteiger partial charge is 0.370 e. The highest BCUT2D eigenvalue weighted by atomic mass is 15.2. The molecule has 0 fully saturated rings. The van der Waals surface area contributed by atoms with Gasteiger partial charge in [0.25, 0.3) is 0 Å². The van der Waals surface area contributed by atoms with Crippen LogP contribution in [0.2, 0.25) is 0 Å². The van der Waals surface area contributed by atoms with Gasteiger partial charge >= 0.3 is 0 Å². The molecule has 1 unspecified atom stereocenters. The topological polar surface area (TPSA) is 76.4 Å². The molecule has 1 atom stereocenters. The third-order valence-electron chi connectivity index (χ3n) is 1.20. The molecule has 0 aromatic rings. The Balaban J connectivity index is 2.88. The molecule has 0 bridgehead atoms. The molecular weight excluding hydrogens is 128 g/mol. The standard InChI is InChI=1S/C6H12N4/c1-4-3-6(2,8)10-5(7)9-4/h3H,8H2,1-2H3,(H3,7,9,10). The molecular formula is C6H12N4. The van der Waals surface area contributed by atoms with E-state index in [-0.39, 0.29) is 0 Å². The maximum atomic E-state index is 5.67. The molecule has 0 aromatic carbocycles. The molecule has 10 heavy (non-hydrogen) atoms. The quantitative estimate of drug-likeness (QED) is 0.424. The number of guanidine groups is 1. The second-order valence-electron chi connectivity index (χ2n) is 2.68. The summed E-state index contributed by atoms with van der Waals surface area (Å²) >= 11 is 0. The van der Waals surface area contributed by atoms with Gasteiger partial charge in [0, 0.05) is 5.70 Å².